The zero-order chi connectivity index (χ0) is 21.4. The number of nitrogens with one attached hydrogen (secondary N) is 2. The van der Waals surface area contributed by atoms with Crippen LogP contribution in [0.2, 0.25) is 5.02 Å². The lowest BCUT2D eigenvalue weighted by Gasteiger charge is -2.32. The van der Waals surface area contributed by atoms with Gasteiger partial charge in [0.05, 0.1) is 12.2 Å². The first-order valence-electron chi connectivity index (χ1n) is 10.6. The van der Waals surface area contributed by atoms with Crippen molar-refractivity contribution in [3.05, 3.63) is 52.4 Å². The Balaban J connectivity index is 1.32. The molecule has 4 heterocycles. The third-order valence-corrected chi connectivity index (χ3v) is 6.37. The maximum Gasteiger partial charge on any atom is 0.255 e. The number of imidazole rings is 1. The molecule has 2 saturated heterocycles. The minimum absolute atomic E-state index is 0.0449. The van der Waals surface area contributed by atoms with E-state index in [0.717, 1.165) is 42.9 Å². The maximum absolute atomic E-state index is 12.9. The van der Waals surface area contributed by atoms with Gasteiger partial charge in [-0.3, -0.25) is 4.79 Å². The molecule has 1 amide bonds. The molecule has 4 N–H and O–H groups in total. The lowest BCUT2D eigenvalue weighted by atomic mass is 9.89. The molecule has 2 aliphatic heterocycles. The topological polar surface area (TPSA) is 109 Å². The van der Waals surface area contributed by atoms with E-state index in [1.165, 1.54) is 5.56 Å². The van der Waals surface area contributed by atoms with Crippen LogP contribution in [-0.2, 0) is 4.74 Å². The number of likely N-dealkylation sites (tertiary alicyclic amines) is 1. The van der Waals surface area contributed by atoms with Crippen LogP contribution < -0.4 is 11.1 Å². The van der Waals surface area contributed by atoms with Crippen molar-refractivity contribution in [1.29, 1.82) is 0 Å². The van der Waals surface area contributed by atoms with Crippen molar-refractivity contribution in [3.63, 3.8) is 0 Å². The molecule has 2 aromatic heterocycles. The van der Waals surface area contributed by atoms with Crippen LogP contribution in [0, 0.1) is 0 Å². The van der Waals surface area contributed by atoms with E-state index in [2.05, 4.69) is 15.3 Å². The number of aromatic nitrogens is 3. The number of fused-ring (bicyclic) bond motifs is 1. The van der Waals surface area contributed by atoms with E-state index >= 15 is 0 Å². The largest absolute Gasteiger partial charge is 0.398 e. The summed E-state index contributed by atoms with van der Waals surface area (Å²) in [5.74, 6) is 1.09. The number of hydrogen-bond donors (Lipinski definition) is 3. The summed E-state index contributed by atoms with van der Waals surface area (Å²) in [6.07, 6.45) is 3.47. The predicted molar refractivity (Wildman–Crippen MR) is 119 cm³/mol. The van der Waals surface area contributed by atoms with Crippen molar-refractivity contribution in [1.82, 2.24) is 25.2 Å². The fourth-order valence-electron chi connectivity index (χ4n) is 4.46. The molecule has 2 fully saturated rings. The minimum Gasteiger partial charge on any atom is -0.398 e. The number of H-pyrrole nitrogens is 1. The summed E-state index contributed by atoms with van der Waals surface area (Å²) >= 11 is 5.96. The first-order chi connectivity index (χ1) is 15.1. The number of anilines is 1. The highest BCUT2D eigenvalue weighted by Crippen LogP contribution is 2.33. The summed E-state index contributed by atoms with van der Waals surface area (Å²) in [7, 11) is 0. The summed E-state index contributed by atoms with van der Waals surface area (Å²) in [6, 6.07) is 7.07. The highest BCUT2D eigenvalue weighted by molar-refractivity contribution is 6.31. The van der Waals surface area contributed by atoms with Crippen LogP contribution in [0.1, 0.15) is 46.6 Å². The lowest BCUT2D eigenvalue weighted by Crippen LogP contribution is -2.38. The molecule has 0 radical (unpaired) electrons. The average Bonchev–Trinajstić information content (AvgIpc) is 3.24. The maximum atomic E-state index is 12.9. The van der Waals surface area contributed by atoms with Gasteiger partial charge in [-0.1, -0.05) is 11.6 Å². The molecule has 1 atom stereocenters. The minimum atomic E-state index is -0.0832. The molecule has 0 bridgehead atoms. The van der Waals surface area contributed by atoms with Crippen molar-refractivity contribution >= 4 is 34.4 Å². The number of nitrogen functional groups attached to an aromatic ring is 1. The third kappa shape index (κ3) is 3.98. The second-order valence-corrected chi connectivity index (χ2v) is 8.52. The molecule has 0 spiro atoms. The first kappa shape index (κ1) is 20.2. The Morgan fingerprint density at radius 1 is 1.26 bits per heavy atom. The monoisotopic (exact) mass is 440 g/mol. The summed E-state index contributed by atoms with van der Waals surface area (Å²) in [5.41, 5.74) is 9.79. The van der Waals surface area contributed by atoms with Gasteiger partial charge in [0.1, 0.15) is 17.4 Å². The van der Waals surface area contributed by atoms with E-state index in [-0.39, 0.29) is 12.0 Å². The van der Waals surface area contributed by atoms with Gasteiger partial charge in [0.2, 0.25) is 0 Å². The highest BCUT2D eigenvalue weighted by atomic mass is 35.5. The summed E-state index contributed by atoms with van der Waals surface area (Å²) < 4.78 is 5.83. The zero-order valence-electron chi connectivity index (χ0n) is 17.1. The molecular formula is C22H25ClN6O2. The van der Waals surface area contributed by atoms with Gasteiger partial charge in [0, 0.05) is 43.1 Å². The van der Waals surface area contributed by atoms with Crippen LogP contribution in [0.4, 0.5) is 5.69 Å². The zero-order valence-corrected chi connectivity index (χ0v) is 17.9. The number of piperidine rings is 1. The normalized spacial score (nSPS) is 20.3. The number of morpholine rings is 1. The van der Waals surface area contributed by atoms with E-state index in [1.54, 1.807) is 18.2 Å². The van der Waals surface area contributed by atoms with Gasteiger partial charge in [-0.25, -0.2) is 9.97 Å². The van der Waals surface area contributed by atoms with Crippen LogP contribution in [-0.4, -0.2) is 58.5 Å². The molecule has 162 valence electrons. The van der Waals surface area contributed by atoms with Crippen molar-refractivity contribution in [3.8, 4) is 0 Å². The van der Waals surface area contributed by atoms with Crippen LogP contribution >= 0.6 is 11.6 Å². The van der Waals surface area contributed by atoms with Gasteiger partial charge in [-0.05, 0) is 48.6 Å². The van der Waals surface area contributed by atoms with E-state index < -0.39 is 0 Å². The lowest BCUT2D eigenvalue weighted by molar-refractivity contribution is 0.0228. The molecule has 2 aliphatic rings. The van der Waals surface area contributed by atoms with E-state index in [4.69, 9.17) is 27.1 Å². The van der Waals surface area contributed by atoms with Crippen molar-refractivity contribution in [2.45, 2.75) is 24.9 Å². The molecule has 9 heteroatoms. The summed E-state index contributed by atoms with van der Waals surface area (Å²) in [6.45, 7) is 3.61. The molecule has 0 aliphatic carbocycles. The second kappa shape index (κ2) is 8.45. The number of nitrogens with two attached hydrogens (primary N) is 1. The first-order valence-corrected chi connectivity index (χ1v) is 11.0. The number of benzene rings is 1. The molecule has 31 heavy (non-hydrogen) atoms. The SMILES string of the molecule is Nc1cc(Cl)ccc1C(=O)N1CCC(c2ccnc3[nH]c(C4CNCCO4)nc23)CC1. The molecule has 0 saturated carbocycles. The summed E-state index contributed by atoms with van der Waals surface area (Å²) in [5, 5.41) is 3.86. The Morgan fingerprint density at radius 2 is 2.10 bits per heavy atom. The Hall–Kier alpha value is -2.68. The van der Waals surface area contributed by atoms with Crippen LogP contribution in [0.25, 0.3) is 11.2 Å². The van der Waals surface area contributed by atoms with E-state index in [1.807, 2.05) is 17.2 Å². The predicted octanol–water partition coefficient (Wildman–Crippen LogP) is 2.87. The van der Waals surface area contributed by atoms with Crippen molar-refractivity contribution < 1.29 is 9.53 Å². The number of pyridine rings is 1. The standard InChI is InChI=1S/C22H25ClN6O2/c23-14-1-2-16(17(24)11-14)22(30)29-8-4-13(5-9-29)15-3-6-26-21-19(15)27-20(28-21)18-12-25-7-10-31-18/h1-3,6,11,13,18,25H,4-5,7-10,12,24H2,(H,26,27,28). The summed E-state index contributed by atoms with van der Waals surface area (Å²) in [4.78, 5) is 27.4. The Morgan fingerprint density at radius 3 is 2.84 bits per heavy atom. The smallest absolute Gasteiger partial charge is 0.255 e. The number of nitrogens with zero attached hydrogens (tertiary/aromatic N) is 3. The van der Waals surface area contributed by atoms with Gasteiger partial charge in [-0.15, -0.1) is 0 Å². The number of amides is 1. The van der Waals surface area contributed by atoms with Crippen molar-refractivity contribution in [2.24, 2.45) is 0 Å². The molecule has 1 unspecified atom stereocenters. The third-order valence-electron chi connectivity index (χ3n) is 6.13. The van der Waals surface area contributed by atoms with Gasteiger partial charge >= 0.3 is 0 Å². The number of aromatic amines is 1. The fraction of sp³-hybridized carbons (Fsp3) is 0.409. The fourth-order valence-corrected chi connectivity index (χ4v) is 4.64. The molecular weight excluding hydrogens is 416 g/mol. The second-order valence-electron chi connectivity index (χ2n) is 8.08. The quantitative estimate of drug-likeness (QED) is 0.540. The average molecular weight is 441 g/mol. The number of carbonyl (C=O) groups is 1. The van der Waals surface area contributed by atoms with Crippen molar-refractivity contribution in [2.75, 3.05) is 38.5 Å². The molecule has 1 aromatic carbocycles. The van der Waals surface area contributed by atoms with E-state index in [9.17, 15) is 4.79 Å². The molecule has 8 nitrogen and oxygen atoms in total. The van der Waals surface area contributed by atoms with Gasteiger partial charge in [0.15, 0.2) is 5.65 Å². The van der Waals surface area contributed by atoms with Crippen LogP contribution in [0.15, 0.2) is 30.5 Å². The van der Waals surface area contributed by atoms with Gasteiger partial charge < -0.3 is 25.7 Å². The number of carbonyl (C=O) groups excluding carboxylic acids is 1. The van der Waals surface area contributed by atoms with Crippen LogP contribution in [0.5, 0.6) is 0 Å². The van der Waals surface area contributed by atoms with E-state index in [0.29, 0.717) is 41.9 Å². The van der Waals surface area contributed by atoms with Crippen LogP contribution in [0.3, 0.4) is 0 Å². The highest BCUT2D eigenvalue weighted by Gasteiger charge is 2.28. The van der Waals surface area contributed by atoms with Gasteiger partial charge in [-0.2, -0.15) is 0 Å². The Bertz CT molecular complexity index is 1100. The Labute approximate surface area is 185 Å². The number of ether oxygens (including phenoxy) is 1. The molecule has 5 rings (SSSR count). The number of halogens is 1. The number of rotatable bonds is 3. The Kier molecular flexibility index (Phi) is 5.52. The van der Waals surface area contributed by atoms with Gasteiger partial charge in [0.25, 0.3) is 5.91 Å². The molecule has 3 aromatic rings. The number of hydrogen-bond acceptors (Lipinski definition) is 6.